The van der Waals surface area contributed by atoms with Gasteiger partial charge in [-0.1, -0.05) is 115 Å². The molecule has 0 saturated carbocycles. The minimum atomic E-state index is -0.926. The first kappa shape index (κ1) is 30.6. The minimum Gasteiger partial charge on any atom is -0.490 e. The van der Waals surface area contributed by atoms with Crippen molar-refractivity contribution in [3.63, 3.8) is 0 Å². The van der Waals surface area contributed by atoms with E-state index in [-0.39, 0.29) is 11.3 Å². The Labute approximate surface area is 229 Å². The Balaban J connectivity index is 1.43. The lowest BCUT2D eigenvalue weighted by Gasteiger charge is -2.29. The number of hydrogen-bond acceptors (Lipinski definition) is 3. The topological polar surface area (TPSA) is 27.7 Å². The molecule has 3 rings (SSSR count). The van der Waals surface area contributed by atoms with E-state index in [0.717, 1.165) is 31.2 Å². The van der Waals surface area contributed by atoms with Crippen LogP contribution >= 0.6 is 0 Å². The summed E-state index contributed by atoms with van der Waals surface area (Å²) < 4.78 is 47.1. The molecule has 38 heavy (non-hydrogen) atoms. The Morgan fingerprint density at radius 1 is 0.684 bits per heavy atom. The predicted octanol–water partition coefficient (Wildman–Crippen LogP) is 10.2. The average Bonchev–Trinajstić information content (AvgIpc) is 2.95. The zero-order valence-corrected chi connectivity index (χ0v) is 23.6. The van der Waals surface area contributed by atoms with Gasteiger partial charge >= 0.3 is 0 Å². The molecule has 1 heterocycles. The quantitative estimate of drug-likeness (QED) is 0.179. The molecule has 0 spiro atoms. The van der Waals surface area contributed by atoms with E-state index >= 15 is 0 Å². The van der Waals surface area contributed by atoms with Crippen molar-refractivity contribution in [2.45, 2.75) is 110 Å². The number of hydrogen-bond donors (Lipinski definition) is 0. The third kappa shape index (κ3) is 9.96. The van der Waals surface area contributed by atoms with Crippen molar-refractivity contribution in [1.29, 1.82) is 0 Å². The molecular formula is C33H48F2O3. The molecule has 0 amide bonds. The molecular weight excluding hydrogens is 482 g/mol. The van der Waals surface area contributed by atoms with Crippen LogP contribution in [0.1, 0.15) is 116 Å². The summed E-state index contributed by atoms with van der Waals surface area (Å²) in [4.78, 5) is 0. The third-order valence-corrected chi connectivity index (χ3v) is 7.48. The van der Waals surface area contributed by atoms with Gasteiger partial charge in [0.05, 0.1) is 19.8 Å². The Kier molecular flexibility index (Phi) is 14.1. The van der Waals surface area contributed by atoms with Crippen molar-refractivity contribution < 1.29 is 23.0 Å². The second kappa shape index (κ2) is 17.6. The van der Waals surface area contributed by atoms with E-state index in [1.165, 1.54) is 70.3 Å². The standard InChI is InChI=1S/C33H48F2O3/c1-3-5-7-9-11-13-15-23-36-30-22-21-29(31(34)32(30)35)27-17-19-28(20-18-27)33-37-24-26(25-38-33)16-14-12-10-8-6-4-2/h17-22,26,33H,3-16,23-25H2,1-2H3. The summed E-state index contributed by atoms with van der Waals surface area (Å²) in [7, 11) is 0. The zero-order chi connectivity index (χ0) is 27.0. The Morgan fingerprint density at radius 3 is 1.89 bits per heavy atom. The van der Waals surface area contributed by atoms with Crippen molar-refractivity contribution in [1.82, 2.24) is 0 Å². The molecule has 1 aliphatic rings. The molecule has 0 N–H and O–H groups in total. The van der Waals surface area contributed by atoms with E-state index in [1.807, 2.05) is 12.1 Å². The van der Waals surface area contributed by atoms with Gasteiger partial charge in [0.25, 0.3) is 0 Å². The van der Waals surface area contributed by atoms with Gasteiger partial charge in [-0.05, 0) is 30.5 Å². The summed E-state index contributed by atoms with van der Waals surface area (Å²) in [6, 6.07) is 10.4. The molecule has 1 fully saturated rings. The van der Waals surface area contributed by atoms with Crippen LogP contribution in [0.25, 0.3) is 11.1 Å². The predicted molar refractivity (Wildman–Crippen MR) is 151 cm³/mol. The average molecular weight is 531 g/mol. The van der Waals surface area contributed by atoms with Crippen LogP contribution in [0.4, 0.5) is 8.78 Å². The molecule has 2 aromatic carbocycles. The van der Waals surface area contributed by atoms with Crippen molar-refractivity contribution in [2.24, 2.45) is 5.92 Å². The van der Waals surface area contributed by atoms with Gasteiger partial charge in [-0.25, -0.2) is 4.39 Å². The van der Waals surface area contributed by atoms with Crippen LogP contribution in [0.15, 0.2) is 36.4 Å². The smallest absolute Gasteiger partial charge is 0.201 e. The summed E-state index contributed by atoms with van der Waals surface area (Å²) >= 11 is 0. The van der Waals surface area contributed by atoms with Gasteiger partial charge in [-0.15, -0.1) is 0 Å². The molecule has 0 atom stereocenters. The van der Waals surface area contributed by atoms with Crippen molar-refractivity contribution in [3.8, 4) is 16.9 Å². The maximum atomic E-state index is 14.9. The lowest BCUT2D eigenvalue weighted by atomic mass is 10.00. The summed E-state index contributed by atoms with van der Waals surface area (Å²) in [6.07, 6.45) is 16.6. The third-order valence-electron chi connectivity index (χ3n) is 7.48. The van der Waals surface area contributed by atoms with Crippen molar-refractivity contribution in [3.05, 3.63) is 53.6 Å². The normalized spacial score (nSPS) is 17.6. The van der Waals surface area contributed by atoms with Gasteiger partial charge in [0, 0.05) is 17.0 Å². The largest absolute Gasteiger partial charge is 0.490 e. The molecule has 1 saturated heterocycles. The fraction of sp³-hybridized carbons (Fsp3) is 0.636. The van der Waals surface area contributed by atoms with E-state index in [4.69, 9.17) is 14.2 Å². The number of benzene rings is 2. The Hall–Kier alpha value is -1.98. The summed E-state index contributed by atoms with van der Waals surface area (Å²) in [5.74, 6) is -1.38. The molecule has 0 aliphatic carbocycles. The number of ether oxygens (including phenoxy) is 3. The van der Waals surface area contributed by atoms with E-state index in [9.17, 15) is 8.78 Å². The second-order valence-electron chi connectivity index (χ2n) is 10.8. The minimum absolute atomic E-state index is 0.0200. The van der Waals surface area contributed by atoms with E-state index < -0.39 is 17.9 Å². The molecule has 0 aromatic heterocycles. The summed E-state index contributed by atoms with van der Waals surface area (Å²) in [6.45, 7) is 6.24. The fourth-order valence-electron chi connectivity index (χ4n) is 5.04. The zero-order valence-electron chi connectivity index (χ0n) is 23.6. The summed E-state index contributed by atoms with van der Waals surface area (Å²) in [5.41, 5.74) is 1.73. The lowest BCUT2D eigenvalue weighted by molar-refractivity contribution is -0.206. The van der Waals surface area contributed by atoms with Crippen LogP contribution in [0, 0.1) is 17.6 Å². The Morgan fingerprint density at radius 2 is 1.26 bits per heavy atom. The monoisotopic (exact) mass is 530 g/mol. The Bertz CT molecular complexity index is 907. The molecule has 2 aromatic rings. The van der Waals surface area contributed by atoms with Gasteiger partial charge < -0.3 is 14.2 Å². The van der Waals surface area contributed by atoms with E-state index in [0.29, 0.717) is 31.3 Å². The van der Waals surface area contributed by atoms with Crippen LogP contribution in [-0.4, -0.2) is 19.8 Å². The van der Waals surface area contributed by atoms with Crippen molar-refractivity contribution >= 4 is 0 Å². The fourth-order valence-corrected chi connectivity index (χ4v) is 5.04. The van der Waals surface area contributed by atoms with Crippen LogP contribution in [0.2, 0.25) is 0 Å². The highest BCUT2D eigenvalue weighted by Crippen LogP contribution is 2.32. The van der Waals surface area contributed by atoms with Gasteiger partial charge in [-0.3, -0.25) is 0 Å². The van der Waals surface area contributed by atoms with Crippen LogP contribution < -0.4 is 4.74 Å². The first-order valence-electron chi connectivity index (χ1n) is 15.1. The first-order valence-corrected chi connectivity index (χ1v) is 15.1. The number of halogens is 2. The highest BCUT2D eigenvalue weighted by atomic mass is 19.2. The molecule has 0 unspecified atom stereocenters. The summed E-state index contributed by atoms with van der Waals surface area (Å²) in [5, 5.41) is 0. The highest BCUT2D eigenvalue weighted by molar-refractivity contribution is 5.65. The van der Waals surface area contributed by atoms with Crippen LogP contribution in [0.5, 0.6) is 5.75 Å². The van der Waals surface area contributed by atoms with E-state index in [2.05, 4.69) is 13.8 Å². The van der Waals surface area contributed by atoms with Gasteiger partial charge in [0.2, 0.25) is 5.82 Å². The number of rotatable bonds is 18. The van der Waals surface area contributed by atoms with Crippen LogP contribution in [-0.2, 0) is 9.47 Å². The number of unbranched alkanes of at least 4 members (excludes halogenated alkanes) is 11. The van der Waals surface area contributed by atoms with Crippen molar-refractivity contribution in [2.75, 3.05) is 19.8 Å². The van der Waals surface area contributed by atoms with E-state index in [1.54, 1.807) is 18.2 Å². The maximum Gasteiger partial charge on any atom is 0.201 e. The molecule has 212 valence electrons. The van der Waals surface area contributed by atoms with Crippen LogP contribution in [0.3, 0.4) is 0 Å². The maximum absolute atomic E-state index is 14.9. The van der Waals surface area contributed by atoms with Gasteiger partial charge in [0.15, 0.2) is 17.9 Å². The molecule has 1 aliphatic heterocycles. The van der Waals surface area contributed by atoms with Gasteiger partial charge in [0.1, 0.15) is 0 Å². The lowest BCUT2D eigenvalue weighted by Crippen LogP contribution is -2.27. The molecule has 0 radical (unpaired) electrons. The van der Waals surface area contributed by atoms with Gasteiger partial charge in [-0.2, -0.15) is 4.39 Å². The SMILES string of the molecule is CCCCCCCCCOc1ccc(-c2ccc(C3OCC(CCCCCCCC)CO3)cc2)c(F)c1F. The highest BCUT2D eigenvalue weighted by Gasteiger charge is 2.23. The second-order valence-corrected chi connectivity index (χ2v) is 10.8. The molecule has 0 bridgehead atoms. The molecule has 5 heteroatoms. The first-order chi connectivity index (χ1) is 18.6. The molecule has 3 nitrogen and oxygen atoms in total.